The minimum Gasteiger partial charge on any atom is -0.539 e. The first kappa shape index (κ1) is 18.4. The first-order valence-corrected chi connectivity index (χ1v) is 10.1. The molecule has 0 aliphatic carbocycles. The van der Waals surface area contributed by atoms with Gasteiger partial charge in [-0.1, -0.05) is 41.6 Å². The van der Waals surface area contributed by atoms with Gasteiger partial charge in [0.15, 0.2) is 11.8 Å². The van der Waals surface area contributed by atoms with E-state index < -0.39 is 5.95 Å². The van der Waals surface area contributed by atoms with Gasteiger partial charge in [0.2, 0.25) is 10.8 Å². The third kappa shape index (κ3) is 3.11. The molecule has 2 aromatic carbocycles. The molecule has 0 saturated carbocycles. The van der Waals surface area contributed by atoms with E-state index in [1.54, 1.807) is 36.1 Å². The van der Waals surface area contributed by atoms with Crippen molar-refractivity contribution in [1.29, 1.82) is 0 Å². The van der Waals surface area contributed by atoms with E-state index in [1.807, 2.05) is 31.2 Å². The number of benzene rings is 2. The minimum absolute atomic E-state index is 0.266. The van der Waals surface area contributed by atoms with Crippen molar-refractivity contribution in [2.24, 2.45) is 5.10 Å². The average Bonchev–Trinajstić information content (AvgIpc) is 3.37. The van der Waals surface area contributed by atoms with Crippen LogP contribution in [-0.2, 0) is 0 Å². The lowest BCUT2D eigenvalue weighted by Crippen LogP contribution is -2.40. The summed E-state index contributed by atoms with van der Waals surface area (Å²) < 4.78 is 13.2. The summed E-state index contributed by atoms with van der Waals surface area (Å²) in [5, 5.41) is 30.2. The molecule has 0 bridgehead atoms. The highest BCUT2D eigenvalue weighted by atomic mass is 32.2. The van der Waals surface area contributed by atoms with Crippen molar-refractivity contribution in [2.75, 3.05) is 12.9 Å². The van der Waals surface area contributed by atoms with Crippen molar-refractivity contribution in [2.45, 2.75) is 12.1 Å². The van der Waals surface area contributed by atoms with Crippen LogP contribution >= 0.6 is 11.8 Å². The van der Waals surface area contributed by atoms with E-state index in [9.17, 15) is 5.11 Å². The highest BCUT2D eigenvalue weighted by molar-refractivity contribution is 7.99. The zero-order valence-electron chi connectivity index (χ0n) is 16.1. The first-order chi connectivity index (χ1) is 14.6. The molecule has 0 fully saturated rings. The molecule has 150 valence electrons. The molecular formula is C20H16N6O3S. The van der Waals surface area contributed by atoms with Crippen LogP contribution in [0, 0.1) is 6.92 Å². The second-order valence-electron chi connectivity index (χ2n) is 6.64. The monoisotopic (exact) mass is 420 g/mol. The highest BCUT2D eigenvalue weighted by Gasteiger charge is 2.30. The maximum atomic E-state index is 12.5. The molecule has 0 radical (unpaired) electrons. The number of hydrogen-bond donors (Lipinski definition) is 0. The Morgan fingerprint density at radius 1 is 1.10 bits per heavy atom. The van der Waals surface area contributed by atoms with Crippen LogP contribution in [0.1, 0.15) is 11.3 Å². The SMILES string of the molecule is COc1ccc(-[n+]2noc([O-])c2C2=Nn3c(nnc3-c3ccc(C)cc3)SC2)cc1. The smallest absolute Gasteiger partial charge is 0.287 e. The summed E-state index contributed by atoms with van der Waals surface area (Å²) >= 11 is 1.45. The third-order valence-electron chi connectivity index (χ3n) is 4.68. The number of aryl methyl sites for hydroxylation is 1. The fourth-order valence-corrected chi connectivity index (χ4v) is 3.92. The van der Waals surface area contributed by atoms with E-state index >= 15 is 0 Å². The molecule has 0 saturated heterocycles. The van der Waals surface area contributed by atoms with Crippen LogP contribution in [0.2, 0.25) is 0 Å². The van der Waals surface area contributed by atoms with Gasteiger partial charge < -0.3 is 14.4 Å². The van der Waals surface area contributed by atoms with E-state index in [1.165, 1.54) is 16.4 Å². The van der Waals surface area contributed by atoms with Crippen LogP contribution < -0.4 is 14.5 Å². The number of aromatic nitrogens is 5. The Morgan fingerprint density at radius 2 is 1.87 bits per heavy atom. The number of methoxy groups -OCH3 is 1. The van der Waals surface area contributed by atoms with Crippen LogP contribution in [0.15, 0.2) is 63.3 Å². The first-order valence-electron chi connectivity index (χ1n) is 9.11. The Balaban J connectivity index is 1.59. The quantitative estimate of drug-likeness (QED) is 0.465. The van der Waals surface area contributed by atoms with Gasteiger partial charge in [0.1, 0.15) is 11.5 Å². The molecule has 4 aromatic rings. The Bertz CT molecular complexity index is 1240. The Labute approximate surface area is 175 Å². The maximum absolute atomic E-state index is 12.5. The predicted octanol–water partition coefficient (Wildman–Crippen LogP) is 1.96. The van der Waals surface area contributed by atoms with Crippen LogP contribution in [-0.4, -0.2) is 38.7 Å². The van der Waals surface area contributed by atoms with Crippen LogP contribution in [0.4, 0.5) is 0 Å². The largest absolute Gasteiger partial charge is 0.539 e. The zero-order chi connectivity index (χ0) is 20.7. The lowest BCUT2D eigenvalue weighted by atomic mass is 10.1. The van der Waals surface area contributed by atoms with Gasteiger partial charge in [-0.2, -0.15) is 9.78 Å². The lowest BCUT2D eigenvalue weighted by Gasteiger charge is -2.12. The molecule has 5 rings (SSSR count). The molecule has 0 amide bonds. The van der Waals surface area contributed by atoms with E-state index in [0.29, 0.717) is 33.9 Å². The maximum Gasteiger partial charge on any atom is 0.287 e. The molecule has 0 unspecified atom stereocenters. The predicted molar refractivity (Wildman–Crippen MR) is 107 cm³/mol. The topological polar surface area (TPSA) is 105 Å². The molecule has 0 N–H and O–H groups in total. The van der Waals surface area contributed by atoms with E-state index in [2.05, 4.69) is 20.6 Å². The Hall–Kier alpha value is -3.66. The van der Waals surface area contributed by atoms with Gasteiger partial charge in [-0.15, -0.1) is 10.2 Å². The van der Waals surface area contributed by atoms with Crippen molar-refractivity contribution < 1.29 is 19.0 Å². The Morgan fingerprint density at radius 3 is 2.60 bits per heavy atom. The van der Waals surface area contributed by atoms with Gasteiger partial charge in [0.25, 0.3) is 5.69 Å². The summed E-state index contributed by atoms with van der Waals surface area (Å²) in [6.07, 6.45) is 0. The fraction of sp³-hybridized carbons (Fsp3) is 0.150. The van der Waals surface area contributed by atoms with Crippen molar-refractivity contribution in [3.05, 3.63) is 59.8 Å². The fourth-order valence-electron chi connectivity index (χ4n) is 3.11. The zero-order valence-corrected chi connectivity index (χ0v) is 17.0. The van der Waals surface area contributed by atoms with Gasteiger partial charge in [0.05, 0.1) is 18.1 Å². The van der Waals surface area contributed by atoms with Gasteiger partial charge in [0, 0.05) is 17.7 Å². The van der Waals surface area contributed by atoms with Crippen molar-refractivity contribution in [1.82, 2.24) is 20.1 Å². The number of ether oxygens (including phenoxy) is 1. The van der Waals surface area contributed by atoms with Gasteiger partial charge in [-0.25, -0.2) is 0 Å². The van der Waals surface area contributed by atoms with Crippen LogP contribution in [0.3, 0.4) is 0 Å². The molecule has 0 atom stereocenters. The lowest BCUT2D eigenvalue weighted by molar-refractivity contribution is -0.671. The molecule has 3 heterocycles. The molecular weight excluding hydrogens is 404 g/mol. The number of thioether (sulfide) groups is 1. The van der Waals surface area contributed by atoms with Gasteiger partial charge in [-0.3, -0.25) is 0 Å². The number of nitrogens with zero attached hydrogens (tertiary/aromatic N) is 6. The summed E-state index contributed by atoms with van der Waals surface area (Å²) in [6.45, 7) is 2.02. The molecule has 1 aliphatic rings. The van der Waals surface area contributed by atoms with Crippen molar-refractivity contribution in [3.8, 4) is 28.8 Å². The summed E-state index contributed by atoms with van der Waals surface area (Å²) in [5.41, 5.74) is 3.50. The molecule has 2 aromatic heterocycles. The number of hydrogen-bond acceptors (Lipinski definition) is 8. The van der Waals surface area contributed by atoms with Gasteiger partial charge in [-0.05, 0) is 23.7 Å². The van der Waals surface area contributed by atoms with Crippen molar-refractivity contribution >= 4 is 17.5 Å². The molecule has 10 heteroatoms. The standard InChI is InChI=1S/C20H16N6O3S/c1-12-3-5-13(6-4-12)18-21-22-20-26(18)23-16(11-30-20)17-19(27)29-24-25(17)14-7-9-15(28-2)10-8-14/h3-10H,11H2,1-2H3. The van der Waals surface area contributed by atoms with Gasteiger partial charge >= 0.3 is 0 Å². The second kappa shape index (κ2) is 7.30. The third-order valence-corrected chi connectivity index (χ3v) is 5.61. The second-order valence-corrected chi connectivity index (χ2v) is 7.58. The van der Waals surface area contributed by atoms with E-state index in [4.69, 9.17) is 9.26 Å². The highest BCUT2D eigenvalue weighted by Crippen LogP contribution is 2.29. The van der Waals surface area contributed by atoms with E-state index in [-0.39, 0.29) is 5.69 Å². The Kier molecular flexibility index (Phi) is 4.47. The molecule has 9 nitrogen and oxygen atoms in total. The van der Waals surface area contributed by atoms with Crippen molar-refractivity contribution in [3.63, 3.8) is 0 Å². The summed E-state index contributed by atoms with van der Waals surface area (Å²) in [7, 11) is 1.59. The molecule has 30 heavy (non-hydrogen) atoms. The van der Waals surface area contributed by atoms with E-state index in [0.717, 1.165) is 11.1 Å². The number of rotatable bonds is 4. The minimum atomic E-state index is -0.557. The normalized spacial score (nSPS) is 13.1. The van der Waals surface area contributed by atoms with Crippen LogP contribution in [0.5, 0.6) is 11.7 Å². The summed E-state index contributed by atoms with van der Waals surface area (Å²) in [5.74, 6) is 1.20. The molecule has 1 aliphatic heterocycles. The number of fused-ring (bicyclic) bond motifs is 1. The average molecular weight is 420 g/mol. The summed E-state index contributed by atoms with van der Waals surface area (Å²) in [4.78, 5) is 0. The summed E-state index contributed by atoms with van der Waals surface area (Å²) in [6, 6.07) is 15.1. The molecule has 0 spiro atoms. The van der Waals surface area contributed by atoms with Crippen LogP contribution in [0.25, 0.3) is 17.1 Å².